The predicted molar refractivity (Wildman–Crippen MR) is 76.4 cm³/mol. The molecule has 0 fully saturated rings. The zero-order valence-corrected chi connectivity index (χ0v) is 11.1. The van der Waals surface area contributed by atoms with Crippen molar-refractivity contribution >= 4 is 11.8 Å². The summed E-state index contributed by atoms with van der Waals surface area (Å²) < 4.78 is 0. The van der Waals surface area contributed by atoms with Crippen molar-refractivity contribution in [2.75, 3.05) is 18.0 Å². The molecule has 0 N–H and O–H groups in total. The van der Waals surface area contributed by atoms with Gasteiger partial charge in [0.25, 0.3) is 0 Å². The Bertz CT molecular complexity index is 392. The van der Waals surface area contributed by atoms with Gasteiger partial charge in [-0.25, -0.2) is 0 Å². The smallest absolute Gasteiger partial charge is 0.0442 e. The van der Waals surface area contributed by atoms with Crippen LogP contribution in [0.2, 0.25) is 0 Å². The lowest BCUT2D eigenvalue weighted by molar-refractivity contribution is 0.650. The SMILES string of the molecule is CCCCCCN1CC(C)=Cc2ccccc21. The first-order valence-corrected chi connectivity index (χ1v) is 6.82. The Balaban J connectivity index is 2.02. The summed E-state index contributed by atoms with van der Waals surface area (Å²) in [5.74, 6) is 0. The van der Waals surface area contributed by atoms with Gasteiger partial charge in [-0.15, -0.1) is 0 Å². The Kier molecular flexibility index (Phi) is 4.24. The highest BCUT2D eigenvalue weighted by Gasteiger charge is 2.14. The topological polar surface area (TPSA) is 3.24 Å². The van der Waals surface area contributed by atoms with E-state index in [0.29, 0.717) is 0 Å². The summed E-state index contributed by atoms with van der Waals surface area (Å²) in [5.41, 5.74) is 4.26. The molecule has 0 aromatic heterocycles. The van der Waals surface area contributed by atoms with Crippen LogP contribution in [0.25, 0.3) is 6.08 Å². The lowest BCUT2D eigenvalue weighted by Crippen LogP contribution is -2.29. The molecule has 92 valence electrons. The highest BCUT2D eigenvalue weighted by Crippen LogP contribution is 2.28. The zero-order valence-electron chi connectivity index (χ0n) is 11.1. The summed E-state index contributed by atoms with van der Waals surface area (Å²) in [6, 6.07) is 8.74. The fourth-order valence-electron chi connectivity index (χ4n) is 2.52. The highest BCUT2D eigenvalue weighted by molar-refractivity contribution is 5.72. The molecule has 0 amide bonds. The molecule has 1 heterocycles. The highest BCUT2D eigenvalue weighted by atomic mass is 15.1. The van der Waals surface area contributed by atoms with E-state index in [1.165, 1.54) is 49.1 Å². The molecule has 0 atom stereocenters. The minimum absolute atomic E-state index is 1.10. The number of para-hydroxylation sites is 1. The molecule has 17 heavy (non-hydrogen) atoms. The van der Waals surface area contributed by atoms with E-state index in [9.17, 15) is 0 Å². The van der Waals surface area contributed by atoms with Crippen molar-refractivity contribution in [3.8, 4) is 0 Å². The molecule has 0 bridgehead atoms. The second-order valence-electron chi connectivity index (χ2n) is 5.03. The van der Waals surface area contributed by atoms with Crippen molar-refractivity contribution in [2.45, 2.75) is 39.5 Å². The van der Waals surface area contributed by atoms with Gasteiger partial charge in [-0.2, -0.15) is 0 Å². The molecule has 1 aliphatic rings. The lowest BCUT2D eigenvalue weighted by Gasteiger charge is -2.30. The average Bonchev–Trinajstić information content (AvgIpc) is 2.34. The molecule has 1 aromatic carbocycles. The minimum atomic E-state index is 1.10. The van der Waals surface area contributed by atoms with E-state index in [1.54, 1.807) is 0 Å². The van der Waals surface area contributed by atoms with E-state index in [-0.39, 0.29) is 0 Å². The van der Waals surface area contributed by atoms with Crippen LogP contribution in [-0.4, -0.2) is 13.1 Å². The maximum atomic E-state index is 2.53. The standard InChI is InChI=1S/C16H23N/c1-3-4-5-8-11-17-13-14(2)12-15-9-6-7-10-16(15)17/h6-7,9-10,12H,3-5,8,11,13H2,1-2H3. The third-order valence-electron chi connectivity index (χ3n) is 3.40. The van der Waals surface area contributed by atoms with Crippen LogP contribution in [0.5, 0.6) is 0 Å². The quantitative estimate of drug-likeness (QED) is 0.672. The number of fused-ring (bicyclic) bond motifs is 1. The van der Waals surface area contributed by atoms with E-state index in [1.807, 2.05) is 0 Å². The van der Waals surface area contributed by atoms with Crippen LogP contribution in [-0.2, 0) is 0 Å². The number of nitrogens with zero attached hydrogens (tertiary/aromatic N) is 1. The summed E-state index contributed by atoms with van der Waals surface area (Å²) in [4.78, 5) is 2.53. The van der Waals surface area contributed by atoms with Gasteiger partial charge in [-0.05, 0) is 25.0 Å². The Labute approximate surface area is 105 Å². The van der Waals surface area contributed by atoms with Gasteiger partial charge in [-0.1, -0.05) is 56.0 Å². The normalized spacial score (nSPS) is 14.5. The van der Waals surface area contributed by atoms with Crippen LogP contribution in [0, 0.1) is 0 Å². The summed E-state index contributed by atoms with van der Waals surface area (Å²) in [7, 11) is 0. The van der Waals surface area contributed by atoms with E-state index < -0.39 is 0 Å². The number of rotatable bonds is 5. The Morgan fingerprint density at radius 2 is 1.94 bits per heavy atom. The van der Waals surface area contributed by atoms with Gasteiger partial charge in [0.1, 0.15) is 0 Å². The predicted octanol–water partition coefficient (Wildman–Crippen LogP) is 4.49. The van der Waals surface area contributed by atoms with Crippen LogP contribution in [0.15, 0.2) is 29.8 Å². The third-order valence-corrected chi connectivity index (χ3v) is 3.40. The first-order chi connectivity index (χ1) is 8.31. The van der Waals surface area contributed by atoms with Crippen LogP contribution in [0.4, 0.5) is 5.69 Å². The van der Waals surface area contributed by atoms with E-state index >= 15 is 0 Å². The Hall–Kier alpha value is -1.24. The number of hydrogen-bond donors (Lipinski definition) is 0. The van der Waals surface area contributed by atoms with Gasteiger partial charge in [0, 0.05) is 18.8 Å². The number of hydrogen-bond acceptors (Lipinski definition) is 1. The molecular formula is C16H23N. The fraction of sp³-hybridized carbons (Fsp3) is 0.500. The van der Waals surface area contributed by atoms with Gasteiger partial charge in [0.05, 0.1) is 0 Å². The van der Waals surface area contributed by atoms with Crippen LogP contribution in [0.3, 0.4) is 0 Å². The summed E-state index contributed by atoms with van der Waals surface area (Å²) >= 11 is 0. The largest absolute Gasteiger partial charge is 0.367 e. The van der Waals surface area contributed by atoms with Gasteiger partial charge in [-0.3, -0.25) is 0 Å². The van der Waals surface area contributed by atoms with Crippen molar-refractivity contribution < 1.29 is 0 Å². The molecule has 0 spiro atoms. The van der Waals surface area contributed by atoms with Gasteiger partial charge in [0.2, 0.25) is 0 Å². The molecule has 0 radical (unpaired) electrons. The monoisotopic (exact) mass is 229 g/mol. The zero-order chi connectivity index (χ0) is 12.1. The van der Waals surface area contributed by atoms with Crippen molar-refractivity contribution in [2.24, 2.45) is 0 Å². The Morgan fingerprint density at radius 3 is 2.76 bits per heavy atom. The van der Waals surface area contributed by atoms with E-state index in [2.05, 4.69) is 49.1 Å². The molecule has 1 aromatic rings. The Morgan fingerprint density at radius 1 is 1.12 bits per heavy atom. The third kappa shape index (κ3) is 3.12. The first kappa shape index (κ1) is 12.2. The molecular weight excluding hydrogens is 206 g/mol. The maximum absolute atomic E-state index is 2.53. The molecule has 1 nitrogen and oxygen atoms in total. The first-order valence-electron chi connectivity index (χ1n) is 6.82. The fourth-order valence-corrected chi connectivity index (χ4v) is 2.52. The van der Waals surface area contributed by atoms with E-state index in [0.717, 1.165) is 6.54 Å². The minimum Gasteiger partial charge on any atom is -0.367 e. The summed E-state index contributed by atoms with van der Waals surface area (Å²) in [5, 5.41) is 0. The second kappa shape index (κ2) is 5.90. The molecule has 0 saturated carbocycles. The van der Waals surface area contributed by atoms with E-state index in [4.69, 9.17) is 0 Å². The summed E-state index contributed by atoms with van der Waals surface area (Å²) in [6.45, 7) is 6.80. The lowest BCUT2D eigenvalue weighted by atomic mass is 10.0. The van der Waals surface area contributed by atoms with Crippen LogP contribution in [0.1, 0.15) is 45.1 Å². The van der Waals surface area contributed by atoms with Crippen LogP contribution < -0.4 is 4.90 Å². The van der Waals surface area contributed by atoms with Gasteiger partial charge >= 0.3 is 0 Å². The van der Waals surface area contributed by atoms with Gasteiger partial charge in [0.15, 0.2) is 0 Å². The molecule has 0 unspecified atom stereocenters. The molecule has 1 heteroatoms. The molecule has 0 saturated heterocycles. The number of anilines is 1. The molecule has 1 aliphatic heterocycles. The van der Waals surface area contributed by atoms with Crippen molar-refractivity contribution in [1.29, 1.82) is 0 Å². The van der Waals surface area contributed by atoms with Crippen LogP contribution >= 0.6 is 0 Å². The van der Waals surface area contributed by atoms with Crippen molar-refractivity contribution in [3.63, 3.8) is 0 Å². The number of unbranched alkanes of at least 4 members (excludes halogenated alkanes) is 3. The number of benzene rings is 1. The maximum Gasteiger partial charge on any atom is 0.0442 e. The second-order valence-corrected chi connectivity index (χ2v) is 5.03. The van der Waals surface area contributed by atoms with Crippen molar-refractivity contribution in [3.05, 3.63) is 35.4 Å². The van der Waals surface area contributed by atoms with Crippen molar-refractivity contribution in [1.82, 2.24) is 0 Å². The average molecular weight is 229 g/mol. The molecule has 0 aliphatic carbocycles. The summed E-state index contributed by atoms with van der Waals surface area (Å²) in [6.07, 6.45) is 7.67. The molecule has 2 rings (SSSR count). The van der Waals surface area contributed by atoms with Gasteiger partial charge < -0.3 is 4.90 Å².